The molecule has 0 N–H and O–H groups in total. The van der Waals surface area contributed by atoms with Crippen molar-refractivity contribution in [1.29, 1.82) is 0 Å². The number of pyridine rings is 1. The summed E-state index contributed by atoms with van der Waals surface area (Å²) in [5.41, 5.74) is 2.32. The molecule has 1 unspecified atom stereocenters. The molecule has 1 aromatic carbocycles. The van der Waals surface area contributed by atoms with Crippen LogP contribution in [0.1, 0.15) is 71.5 Å². The summed E-state index contributed by atoms with van der Waals surface area (Å²) in [5.74, 6) is 0. The van der Waals surface area contributed by atoms with Gasteiger partial charge in [-0.3, -0.25) is 9.88 Å². The number of carbonyl (C=O) groups excluding carboxylic acids is 1. The van der Waals surface area contributed by atoms with E-state index in [1.165, 1.54) is 5.56 Å². The zero-order valence-electron chi connectivity index (χ0n) is 21.8. The van der Waals surface area contributed by atoms with Crippen LogP contribution >= 0.6 is 10.3 Å². The molecule has 2 aromatic rings. The highest BCUT2D eigenvalue weighted by Gasteiger charge is 2.30. The van der Waals surface area contributed by atoms with E-state index in [0.29, 0.717) is 13.2 Å². The zero-order valence-corrected chi connectivity index (χ0v) is 22.7. The molecule has 1 aromatic heterocycles. The Balaban J connectivity index is 2.21. The van der Waals surface area contributed by atoms with Crippen LogP contribution < -0.4 is 0 Å². The molecule has 6 heteroatoms. The van der Waals surface area contributed by atoms with Crippen LogP contribution in [0.25, 0.3) is 0 Å². The fourth-order valence-corrected chi connectivity index (χ4v) is 3.78. The van der Waals surface area contributed by atoms with Crippen molar-refractivity contribution < 1.29 is 13.7 Å². The van der Waals surface area contributed by atoms with Crippen molar-refractivity contribution in [3.05, 3.63) is 65.5 Å². The lowest BCUT2D eigenvalue weighted by atomic mass is 10.1. The summed E-state index contributed by atoms with van der Waals surface area (Å²) in [6, 6.07) is 15.9. The fourth-order valence-electron chi connectivity index (χ4n) is 3.01. The maximum absolute atomic E-state index is 13.1. The Morgan fingerprint density at radius 2 is 1.64 bits per heavy atom. The molecule has 1 amide bonds. The average Bonchev–Trinajstić information content (AvgIpc) is 2.71. The summed E-state index contributed by atoms with van der Waals surface area (Å²) in [7, 11) is -1.24. The van der Waals surface area contributed by atoms with Gasteiger partial charge >= 0.3 is 6.09 Å². The number of ether oxygens (including phenoxy) is 1. The van der Waals surface area contributed by atoms with Gasteiger partial charge in [-0.2, -0.15) is 0 Å². The quantitative estimate of drug-likeness (QED) is 0.417. The van der Waals surface area contributed by atoms with E-state index in [2.05, 4.69) is 45.4 Å². The van der Waals surface area contributed by atoms with Crippen molar-refractivity contribution in [2.45, 2.75) is 77.9 Å². The number of amides is 1. The molecule has 0 radical (unpaired) electrons. The molecule has 1 atom stereocenters. The van der Waals surface area contributed by atoms with Gasteiger partial charge in [-0.05, 0) is 64.3 Å². The van der Waals surface area contributed by atoms with Gasteiger partial charge in [0.2, 0.25) is 0 Å². The van der Waals surface area contributed by atoms with Gasteiger partial charge in [0.25, 0.3) is 0 Å². The topological polar surface area (TPSA) is 51.7 Å². The van der Waals surface area contributed by atoms with Gasteiger partial charge in [0.15, 0.2) is 0 Å². The number of nitrogens with zero attached hydrogens (tertiary/aromatic N) is 2. The van der Waals surface area contributed by atoms with Gasteiger partial charge in [-0.25, -0.2) is 4.79 Å². The highest BCUT2D eigenvalue weighted by Crippen LogP contribution is 2.54. The van der Waals surface area contributed by atoms with Crippen molar-refractivity contribution in [2.24, 2.45) is 0 Å². The Hall–Kier alpha value is -2.05. The van der Waals surface area contributed by atoms with Crippen LogP contribution in [0.5, 0.6) is 0 Å². The number of carbonyl (C=O) groups is 1. The zero-order chi connectivity index (χ0) is 24.9. The molecule has 0 aliphatic heterocycles. The minimum atomic E-state index is -1.24. The van der Waals surface area contributed by atoms with Gasteiger partial charge in [0.05, 0.1) is 17.4 Å². The number of hydrogen-bond acceptors (Lipinski definition) is 4. The van der Waals surface area contributed by atoms with Crippen LogP contribution in [0.4, 0.5) is 4.79 Å². The summed E-state index contributed by atoms with van der Waals surface area (Å²) in [4.78, 5) is 19.7. The molecule has 0 saturated heterocycles. The van der Waals surface area contributed by atoms with Crippen LogP contribution in [0, 0.1) is 0 Å². The molecule has 33 heavy (non-hydrogen) atoms. The van der Waals surface area contributed by atoms with E-state index < -0.39 is 15.9 Å². The van der Waals surface area contributed by atoms with Crippen molar-refractivity contribution in [3.8, 4) is 0 Å². The van der Waals surface area contributed by atoms with Crippen LogP contribution in [0.3, 0.4) is 0 Å². The first-order valence-corrected chi connectivity index (χ1v) is 13.9. The Morgan fingerprint density at radius 1 is 1.00 bits per heavy atom. The summed E-state index contributed by atoms with van der Waals surface area (Å²) in [6.45, 7) is 15.3. The molecular formula is C27H42N2O3S. The molecule has 2 rings (SSSR count). The third-order valence-electron chi connectivity index (χ3n) is 5.81. The monoisotopic (exact) mass is 474 g/mol. The van der Waals surface area contributed by atoms with Crippen molar-refractivity contribution >= 4 is 16.4 Å². The molecule has 0 fully saturated rings. The van der Waals surface area contributed by atoms with Crippen LogP contribution in [-0.2, 0) is 21.9 Å². The summed E-state index contributed by atoms with van der Waals surface area (Å²) < 4.78 is 12.1. The fraction of sp³-hybridized carbons (Fsp3) is 0.556. The van der Waals surface area contributed by atoms with Gasteiger partial charge in [-0.15, -0.1) is 10.3 Å². The molecule has 0 aliphatic rings. The second-order valence-electron chi connectivity index (χ2n) is 10.7. The summed E-state index contributed by atoms with van der Waals surface area (Å²) in [5, 5.41) is 0. The number of aromatic nitrogens is 1. The third-order valence-corrected chi connectivity index (χ3v) is 9.47. The predicted octanol–water partition coefficient (Wildman–Crippen LogP) is 6.92. The van der Waals surface area contributed by atoms with E-state index in [1.54, 1.807) is 4.90 Å². The molecule has 5 nitrogen and oxygen atoms in total. The molecule has 0 aliphatic carbocycles. The Bertz CT molecular complexity index is 902. The second-order valence-corrected chi connectivity index (χ2v) is 14.7. The minimum absolute atomic E-state index is 0.0862. The lowest BCUT2D eigenvalue weighted by Crippen LogP contribution is -2.40. The second kappa shape index (κ2) is 10.9. The van der Waals surface area contributed by atoms with Crippen LogP contribution in [-0.4, -0.2) is 45.4 Å². The standard InChI is InChI=1S/C27H42N2O3S/c1-21(24-17-13-16-23(28-24)20-31-33(8,9)27(5,6)7)29(25(30)32-26(2,3)4)19-18-22-14-11-10-12-15-22/h10-17,21H,18-20H2,1-9H3. The Kier molecular flexibility index (Phi) is 9.00. The van der Waals surface area contributed by atoms with Gasteiger partial charge < -0.3 is 8.92 Å². The first kappa shape index (κ1) is 27.2. The molecule has 1 heterocycles. The lowest BCUT2D eigenvalue weighted by Gasteiger charge is -2.43. The smallest absolute Gasteiger partial charge is 0.410 e. The lowest BCUT2D eigenvalue weighted by molar-refractivity contribution is 0.0172. The van der Waals surface area contributed by atoms with E-state index >= 15 is 0 Å². The Morgan fingerprint density at radius 3 is 2.21 bits per heavy atom. The molecule has 0 spiro atoms. The third kappa shape index (κ3) is 8.35. The molecule has 0 bridgehead atoms. The molecular weight excluding hydrogens is 432 g/mol. The van der Waals surface area contributed by atoms with Crippen molar-refractivity contribution in [3.63, 3.8) is 0 Å². The highest BCUT2D eigenvalue weighted by molar-refractivity contribution is 8.29. The number of rotatable bonds is 8. The number of benzene rings is 1. The maximum atomic E-state index is 13.1. The van der Waals surface area contributed by atoms with E-state index in [4.69, 9.17) is 13.9 Å². The molecule has 184 valence electrons. The van der Waals surface area contributed by atoms with Gasteiger partial charge in [-0.1, -0.05) is 57.2 Å². The SMILES string of the molecule is CC(c1cccc(COS(C)(C)C(C)(C)C)n1)N(CCc1ccccc1)C(=O)OC(C)(C)C. The molecule has 0 saturated carbocycles. The summed E-state index contributed by atoms with van der Waals surface area (Å²) in [6.07, 6.45) is 4.80. The van der Waals surface area contributed by atoms with Crippen LogP contribution in [0.15, 0.2) is 48.5 Å². The number of hydrogen-bond donors (Lipinski definition) is 0. The highest BCUT2D eigenvalue weighted by atomic mass is 32.3. The first-order chi connectivity index (χ1) is 15.2. The minimum Gasteiger partial charge on any atom is -0.444 e. The van der Waals surface area contributed by atoms with Gasteiger partial charge in [0, 0.05) is 11.3 Å². The maximum Gasteiger partial charge on any atom is 0.410 e. The van der Waals surface area contributed by atoms with Crippen molar-refractivity contribution in [2.75, 3.05) is 19.1 Å². The van der Waals surface area contributed by atoms with E-state index in [1.807, 2.05) is 64.1 Å². The normalized spacial score (nSPS) is 14.0. The average molecular weight is 475 g/mol. The van der Waals surface area contributed by atoms with Gasteiger partial charge in [0.1, 0.15) is 12.2 Å². The van der Waals surface area contributed by atoms with Crippen LogP contribution in [0.2, 0.25) is 0 Å². The first-order valence-electron chi connectivity index (χ1n) is 11.6. The summed E-state index contributed by atoms with van der Waals surface area (Å²) >= 11 is 0. The predicted molar refractivity (Wildman–Crippen MR) is 140 cm³/mol. The van der Waals surface area contributed by atoms with E-state index in [9.17, 15) is 4.79 Å². The Labute approximate surface area is 202 Å². The van der Waals surface area contributed by atoms with E-state index in [-0.39, 0.29) is 16.9 Å². The van der Waals surface area contributed by atoms with E-state index in [0.717, 1.165) is 17.8 Å². The van der Waals surface area contributed by atoms with Crippen molar-refractivity contribution in [1.82, 2.24) is 9.88 Å². The largest absolute Gasteiger partial charge is 0.444 e.